The molecule has 0 aliphatic rings. The summed E-state index contributed by atoms with van der Waals surface area (Å²) in [5.74, 6) is -6.20. The Labute approximate surface area is 210 Å². The van der Waals surface area contributed by atoms with Crippen LogP contribution < -0.4 is 4.72 Å². The van der Waals surface area contributed by atoms with E-state index in [1.165, 1.54) is 23.7 Å². The molecular weight excluding hydrogens is 532 g/mol. The number of carbonyl (C=O) groups is 1. The number of sulfonamides is 1. The van der Waals surface area contributed by atoms with Gasteiger partial charge in [0.05, 0.1) is 22.0 Å². The molecule has 0 saturated carbocycles. The van der Waals surface area contributed by atoms with Crippen LogP contribution in [-0.4, -0.2) is 29.2 Å². The second-order valence-corrected chi connectivity index (χ2v) is 10.6. The van der Waals surface area contributed by atoms with E-state index in [0.717, 1.165) is 11.1 Å². The zero-order valence-corrected chi connectivity index (χ0v) is 20.3. The molecule has 0 unspecified atom stereocenters. The lowest BCUT2D eigenvalue weighted by atomic mass is 10.0. The molecule has 0 spiro atoms. The highest BCUT2D eigenvalue weighted by molar-refractivity contribution is 7.92. The van der Waals surface area contributed by atoms with Crippen LogP contribution in [0, 0.1) is 30.2 Å². The number of hydrogen-bond donors (Lipinski definition) is 2. The van der Waals surface area contributed by atoms with E-state index in [4.69, 9.17) is 0 Å². The number of anilines is 1. The Kier molecular flexibility index (Phi) is 6.04. The summed E-state index contributed by atoms with van der Waals surface area (Å²) in [5, 5.41) is 2.87. The Morgan fingerprint density at radius 1 is 1.05 bits per heavy atom. The molecular formula is C24H14F4N4O3S2. The van der Waals surface area contributed by atoms with Gasteiger partial charge in [0.2, 0.25) is 5.78 Å². The molecule has 5 rings (SSSR count). The number of H-pyrrole nitrogens is 1. The van der Waals surface area contributed by atoms with Gasteiger partial charge in [0, 0.05) is 34.3 Å². The minimum atomic E-state index is -4.83. The molecule has 0 atom stereocenters. The van der Waals surface area contributed by atoms with Gasteiger partial charge < -0.3 is 4.98 Å². The Hall–Kier alpha value is -4.10. The lowest BCUT2D eigenvalue weighted by molar-refractivity contribution is 0.103. The van der Waals surface area contributed by atoms with Crippen LogP contribution in [0.2, 0.25) is 0 Å². The van der Waals surface area contributed by atoms with Crippen molar-refractivity contribution >= 4 is 43.9 Å². The molecule has 0 amide bonds. The van der Waals surface area contributed by atoms with E-state index in [9.17, 15) is 26.4 Å². The number of rotatable bonds is 6. The van der Waals surface area contributed by atoms with Crippen molar-refractivity contribution in [2.75, 3.05) is 4.72 Å². The number of halogens is 4. The third-order valence-electron chi connectivity index (χ3n) is 5.44. The fourth-order valence-corrected chi connectivity index (χ4v) is 5.46. The number of nitrogens with one attached hydrogen (secondary N) is 2. The summed E-state index contributed by atoms with van der Waals surface area (Å²) in [5.41, 5.74) is -0.538. The number of aromatic nitrogens is 3. The molecule has 2 aromatic carbocycles. The Morgan fingerprint density at radius 3 is 2.54 bits per heavy atom. The normalized spacial score (nSPS) is 11.7. The number of aryl methyl sites for hydroxylation is 1. The average Bonchev–Trinajstić information content (AvgIpc) is 3.48. The van der Waals surface area contributed by atoms with Gasteiger partial charge in [0.1, 0.15) is 28.0 Å². The van der Waals surface area contributed by atoms with Crippen LogP contribution >= 0.6 is 11.3 Å². The van der Waals surface area contributed by atoms with Gasteiger partial charge in [0.15, 0.2) is 5.82 Å². The molecule has 2 N–H and O–H groups in total. The molecule has 0 bridgehead atoms. The van der Waals surface area contributed by atoms with Crippen molar-refractivity contribution < 1.29 is 30.8 Å². The van der Waals surface area contributed by atoms with Crippen molar-refractivity contribution in [3.05, 3.63) is 93.6 Å². The van der Waals surface area contributed by atoms with Crippen LogP contribution in [0.25, 0.3) is 22.3 Å². The van der Waals surface area contributed by atoms with Gasteiger partial charge in [-0.25, -0.2) is 35.9 Å². The molecule has 3 aromatic heterocycles. The molecule has 7 nitrogen and oxygen atoms in total. The minimum absolute atomic E-state index is 0.120. The first-order valence-electron chi connectivity index (χ1n) is 10.5. The van der Waals surface area contributed by atoms with E-state index in [0.29, 0.717) is 35.5 Å². The molecule has 188 valence electrons. The van der Waals surface area contributed by atoms with Crippen LogP contribution in [0.5, 0.6) is 0 Å². The van der Waals surface area contributed by atoms with Gasteiger partial charge in [-0.3, -0.25) is 9.52 Å². The topological polar surface area (TPSA) is 105 Å². The van der Waals surface area contributed by atoms with Crippen molar-refractivity contribution in [3.63, 3.8) is 0 Å². The van der Waals surface area contributed by atoms with Crippen molar-refractivity contribution in [1.82, 2.24) is 15.0 Å². The van der Waals surface area contributed by atoms with Crippen molar-refractivity contribution in [1.29, 1.82) is 0 Å². The quantitative estimate of drug-likeness (QED) is 0.214. The van der Waals surface area contributed by atoms with Gasteiger partial charge in [-0.2, -0.15) is 0 Å². The first kappa shape index (κ1) is 24.6. The molecule has 13 heteroatoms. The summed E-state index contributed by atoms with van der Waals surface area (Å²) in [6, 6.07) is 4.72. The highest BCUT2D eigenvalue weighted by Gasteiger charge is 2.27. The van der Waals surface area contributed by atoms with E-state index in [1.807, 2.05) is 6.92 Å². The predicted molar refractivity (Wildman–Crippen MR) is 129 cm³/mol. The maximum absolute atomic E-state index is 15.4. The SMILES string of the molecule is Cc1nc(-c2cnc3[nH]cc(C(=O)c4c(F)ccc(NS(=O)(=O)c5cc(F)ccc5F)c4F)c3c2)cs1. The highest BCUT2D eigenvalue weighted by atomic mass is 32.2. The summed E-state index contributed by atoms with van der Waals surface area (Å²) < 4.78 is 84.5. The fourth-order valence-electron chi connectivity index (χ4n) is 3.68. The van der Waals surface area contributed by atoms with Crippen LogP contribution in [-0.2, 0) is 10.0 Å². The van der Waals surface area contributed by atoms with Crippen LogP contribution in [0.1, 0.15) is 20.9 Å². The van der Waals surface area contributed by atoms with E-state index < -0.39 is 55.2 Å². The largest absolute Gasteiger partial charge is 0.345 e. The number of nitrogens with zero attached hydrogens (tertiary/aromatic N) is 2. The number of aromatic amines is 1. The molecule has 37 heavy (non-hydrogen) atoms. The van der Waals surface area contributed by atoms with Crippen molar-refractivity contribution in [3.8, 4) is 11.3 Å². The third-order valence-corrected chi connectivity index (χ3v) is 7.59. The summed E-state index contributed by atoms with van der Waals surface area (Å²) in [6.45, 7) is 1.82. The summed E-state index contributed by atoms with van der Waals surface area (Å²) >= 11 is 1.41. The number of pyridine rings is 1. The lowest BCUT2D eigenvalue weighted by Crippen LogP contribution is -2.17. The number of thiazole rings is 1. The van der Waals surface area contributed by atoms with Crippen molar-refractivity contribution in [2.24, 2.45) is 0 Å². The van der Waals surface area contributed by atoms with Crippen LogP contribution in [0.3, 0.4) is 0 Å². The Bertz CT molecular complexity index is 1820. The van der Waals surface area contributed by atoms with Crippen molar-refractivity contribution in [2.45, 2.75) is 11.8 Å². The summed E-state index contributed by atoms with van der Waals surface area (Å²) in [7, 11) is -4.83. The maximum atomic E-state index is 15.4. The summed E-state index contributed by atoms with van der Waals surface area (Å²) in [6.07, 6.45) is 2.76. The fraction of sp³-hybridized carbons (Fsp3) is 0.0417. The second kappa shape index (κ2) is 9.09. The standard InChI is InChI=1S/C24H14F4N4O3S2/c1-11-31-19(10-36-11)12-6-14-15(9-30-24(14)29-8-12)23(33)21-17(27)4-5-18(22(21)28)32-37(34,35)20-7-13(25)2-3-16(20)26/h2-10,32H,1H3,(H,29,30). The molecule has 0 radical (unpaired) electrons. The zero-order chi connectivity index (χ0) is 26.5. The van der Waals surface area contributed by atoms with Crippen LogP contribution in [0.4, 0.5) is 23.2 Å². The highest BCUT2D eigenvalue weighted by Crippen LogP contribution is 2.30. The Morgan fingerprint density at radius 2 is 1.81 bits per heavy atom. The predicted octanol–water partition coefficient (Wildman–Crippen LogP) is 5.58. The molecule has 0 aliphatic carbocycles. The second-order valence-electron chi connectivity index (χ2n) is 7.87. The zero-order valence-electron chi connectivity index (χ0n) is 18.6. The molecule has 0 saturated heterocycles. The van der Waals surface area contributed by atoms with Gasteiger partial charge >= 0.3 is 0 Å². The number of fused-ring (bicyclic) bond motifs is 1. The van der Waals surface area contributed by atoms with Gasteiger partial charge in [0.25, 0.3) is 10.0 Å². The van der Waals surface area contributed by atoms with E-state index in [1.54, 1.807) is 16.2 Å². The molecule has 0 fully saturated rings. The first-order valence-corrected chi connectivity index (χ1v) is 12.8. The van der Waals surface area contributed by atoms with Crippen LogP contribution in [0.15, 0.2) is 59.1 Å². The number of carbonyl (C=O) groups excluding carboxylic acids is 1. The van der Waals surface area contributed by atoms with E-state index in [-0.39, 0.29) is 16.6 Å². The van der Waals surface area contributed by atoms with E-state index in [2.05, 4.69) is 15.0 Å². The monoisotopic (exact) mass is 546 g/mol. The number of ketones is 1. The van der Waals surface area contributed by atoms with E-state index >= 15 is 4.39 Å². The van der Waals surface area contributed by atoms with Gasteiger partial charge in [-0.15, -0.1) is 11.3 Å². The first-order chi connectivity index (χ1) is 17.5. The maximum Gasteiger partial charge on any atom is 0.265 e. The van der Waals surface area contributed by atoms with Gasteiger partial charge in [-0.1, -0.05) is 0 Å². The number of hydrogen-bond acceptors (Lipinski definition) is 6. The lowest BCUT2D eigenvalue weighted by Gasteiger charge is -2.12. The Balaban J connectivity index is 1.56. The summed E-state index contributed by atoms with van der Waals surface area (Å²) in [4.78, 5) is 23.5. The van der Waals surface area contributed by atoms with Gasteiger partial charge in [-0.05, 0) is 43.3 Å². The molecule has 0 aliphatic heterocycles. The third kappa shape index (κ3) is 4.47. The molecule has 5 aromatic rings. The number of benzene rings is 2. The minimum Gasteiger partial charge on any atom is -0.345 e. The average molecular weight is 547 g/mol. The molecule has 3 heterocycles. The smallest absolute Gasteiger partial charge is 0.265 e.